The average Bonchev–Trinajstić information content (AvgIpc) is 2.71. The molecular formula is C25H23F3N2. The summed E-state index contributed by atoms with van der Waals surface area (Å²) in [5.41, 5.74) is 5.18. The highest BCUT2D eigenvalue weighted by molar-refractivity contribution is 5.85. The van der Waals surface area contributed by atoms with E-state index in [2.05, 4.69) is 11.4 Å². The Bertz CT molecular complexity index is 1170. The van der Waals surface area contributed by atoms with Crippen LogP contribution in [0.15, 0.2) is 42.5 Å². The van der Waals surface area contributed by atoms with Gasteiger partial charge in [0.2, 0.25) is 0 Å². The summed E-state index contributed by atoms with van der Waals surface area (Å²) in [7, 11) is 0. The molecule has 4 rings (SSSR count). The molecular weight excluding hydrogens is 385 g/mol. The lowest BCUT2D eigenvalue weighted by Crippen LogP contribution is -2.37. The van der Waals surface area contributed by atoms with Crippen molar-refractivity contribution >= 4 is 16.5 Å². The zero-order valence-corrected chi connectivity index (χ0v) is 17.2. The minimum absolute atomic E-state index is 0.00988. The van der Waals surface area contributed by atoms with E-state index in [1.54, 1.807) is 0 Å². The van der Waals surface area contributed by atoms with Gasteiger partial charge in [-0.05, 0) is 84.3 Å². The van der Waals surface area contributed by atoms with Crippen molar-refractivity contribution in [3.63, 3.8) is 0 Å². The molecule has 2 atom stereocenters. The number of anilines is 1. The number of fused-ring (bicyclic) bond motifs is 2. The molecule has 0 saturated carbocycles. The number of rotatable bonds is 2. The van der Waals surface area contributed by atoms with Crippen LogP contribution in [-0.2, 0) is 6.42 Å². The molecule has 0 spiro atoms. The quantitative estimate of drug-likeness (QED) is 0.500. The summed E-state index contributed by atoms with van der Waals surface area (Å²) in [6, 6.07) is 14.8. The Morgan fingerprint density at radius 2 is 1.67 bits per heavy atom. The van der Waals surface area contributed by atoms with Gasteiger partial charge in [0, 0.05) is 5.69 Å². The van der Waals surface area contributed by atoms with E-state index in [9.17, 15) is 18.4 Å². The van der Waals surface area contributed by atoms with Crippen molar-refractivity contribution in [3.8, 4) is 6.07 Å². The van der Waals surface area contributed by atoms with Crippen molar-refractivity contribution in [2.75, 3.05) is 5.32 Å². The molecule has 0 saturated heterocycles. The van der Waals surface area contributed by atoms with Crippen molar-refractivity contribution in [3.05, 3.63) is 75.8 Å². The first-order chi connectivity index (χ1) is 14.2. The van der Waals surface area contributed by atoms with Gasteiger partial charge in [0.25, 0.3) is 0 Å². The number of nitriles is 1. The van der Waals surface area contributed by atoms with Gasteiger partial charge in [-0.25, -0.2) is 0 Å². The first-order valence-electron chi connectivity index (χ1n) is 10.1. The molecule has 3 aromatic rings. The molecule has 0 aromatic heterocycles. The Balaban J connectivity index is 1.87. The molecule has 0 aliphatic heterocycles. The maximum Gasteiger partial charge on any atom is 0.394 e. The van der Waals surface area contributed by atoms with Crippen molar-refractivity contribution in [1.29, 1.82) is 5.26 Å². The molecule has 1 N–H and O–H groups in total. The molecule has 0 heterocycles. The van der Waals surface area contributed by atoms with Crippen molar-refractivity contribution in [1.82, 2.24) is 0 Å². The van der Waals surface area contributed by atoms with E-state index in [4.69, 9.17) is 0 Å². The number of alkyl halides is 3. The standard InChI is InChI=1S/C25H23F3N2/c1-14-15(2)23-20(16(3)21(14)13-29)10-11-22(25(26,27)28)24(23)30-19-9-8-17-6-4-5-7-18(17)12-19/h4-9,12,22,24,30H,10-11H2,1-3H3. The molecule has 1 aliphatic carbocycles. The second-order valence-electron chi connectivity index (χ2n) is 8.12. The Kier molecular flexibility index (Phi) is 4.97. The molecule has 1 aliphatic rings. The predicted molar refractivity (Wildman–Crippen MR) is 114 cm³/mol. The molecule has 3 aromatic carbocycles. The normalized spacial score (nSPS) is 18.7. The largest absolute Gasteiger partial charge is 0.394 e. The first-order valence-corrected chi connectivity index (χ1v) is 10.1. The van der Waals surface area contributed by atoms with Crippen LogP contribution in [0.2, 0.25) is 0 Å². The zero-order valence-electron chi connectivity index (χ0n) is 17.2. The highest BCUT2D eigenvalue weighted by Crippen LogP contribution is 2.48. The summed E-state index contributed by atoms with van der Waals surface area (Å²) >= 11 is 0. The fourth-order valence-corrected chi connectivity index (χ4v) is 4.81. The second kappa shape index (κ2) is 7.36. The number of hydrogen-bond donors (Lipinski definition) is 1. The van der Waals surface area contributed by atoms with Gasteiger partial charge in [-0.15, -0.1) is 0 Å². The van der Waals surface area contributed by atoms with E-state index in [1.807, 2.05) is 63.2 Å². The van der Waals surface area contributed by atoms with Crippen LogP contribution in [0, 0.1) is 38.0 Å². The molecule has 0 bridgehead atoms. The van der Waals surface area contributed by atoms with E-state index in [0.717, 1.165) is 33.0 Å². The topological polar surface area (TPSA) is 35.8 Å². The van der Waals surface area contributed by atoms with Crippen LogP contribution < -0.4 is 5.32 Å². The summed E-state index contributed by atoms with van der Waals surface area (Å²) in [4.78, 5) is 0. The van der Waals surface area contributed by atoms with E-state index >= 15 is 0 Å². The van der Waals surface area contributed by atoms with E-state index in [-0.39, 0.29) is 6.42 Å². The van der Waals surface area contributed by atoms with Crippen molar-refractivity contribution in [2.45, 2.75) is 45.8 Å². The molecule has 0 amide bonds. The van der Waals surface area contributed by atoms with Crippen LogP contribution in [0.4, 0.5) is 18.9 Å². The van der Waals surface area contributed by atoms with E-state index in [1.165, 1.54) is 0 Å². The lowest BCUT2D eigenvalue weighted by molar-refractivity contribution is -0.182. The summed E-state index contributed by atoms with van der Waals surface area (Å²) in [6.45, 7) is 5.51. The summed E-state index contributed by atoms with van der Waals surface area (Å²) in [6.07, 6.45) is -3.97. The number of nitrogens with zero attached hydrogens (tertiary/aromatic N) is 1. The van der Waals surface area contributed by atoms with Crippen LogP contribution in [-0.4, -0.2) is 6.18 Å². The number of benzene rings is 3. The number of halogens is 3. The molecule has 5 heteroatoms. The van der Waals surface area contributed by atoms with Crippen LogP contribution in [0.3, 0.4) is 0 Å². The highest BCUT2D eigenvalue weighted by atomic mass is 19.4. The molecule has 0 radical (unpaired) electrons. The molecule has 0 fully saturated rings. The third-order valence-electron chi connectivity index (χ3n) is 6.52. The van der Waals surface area contributed by atoms with Gasteiger partial charge in [0.15, 0.2) is 0 Å². The van der Waals surface area contributed by atoms with Gasteiger partial charge >= 0.3 is 6.18 Å². The third-order valence-corrected chi connectivity index (χ3v) is 6.52. The maximum absolute atomic E-state index is 14.0. The van der Waals surface area contributed by atoms with Gasteiger partial charge in [-0.1, -0.05) is 30.3 Å². The van der Waals surface area contributed by atoms with Gasteiger partial charge in [-0.2, -0.15) is 18.4 Å². The summed E-state index contributed by atoms with van der Waals surface area (Å²) in [5, 5.41) is 14.8. The Hall–Kier alpha value is -3.00. The first kappa shape index (κ1) is 20.3. The summed E-state index contributed by atoms with van der Waals surface area (Å²) in [5.74, 6) is -1.48. The smallest absolute Gasteiger partial charge is 0.378 e. The van der Waals surface area contributed by atoms with Crippen LogP contribution in [0.5, 0.6) is 0 Å². The molecule has 2 nitrogen and oxygen atoms in total. The highest BCUT2D eigenvalue weighted by Gasteiger charge is 2.48. The zero-order chi connectivity index (χ0) is 21.6. The predicted octanol–water partition coefficient (Wildman–Crippen LogP) is 6.91. The molecule has 154 valence electrons. The van der Waals surface area contributed by atoms with E-state index < -0.39 is 18.1 Å². The van der Waals surface area contributed by atoms with Crippen LogP contribution >= 0.6 is 0 Å². The Morgan fingerprint density at radius 3 is 2.33 bits per heavy atom. The molecule has 2 unspecified atom stereocenters. The Labute approximate surface area is 174 Å². The number of nitrogens with one attached hydrogen (secondary N) is 1. The van der Waals surface area contributed by atoms with Gasteiger partial charge in [0.1, 0.15) is 0 Å². The fourth-order valence-electron chi connectivity index (χ4n) is 4.81. The van der Waals surface area contributed by atoms with Crippen molar-refractivity contribution in [2.24, 2.45) is 5.92 Å². The minimum Gasteiger partial charge on any atom is -0.378 e. The maximum atomic E-state index is 14.0. The van der Waals surface area contributed by atoms with Crippen molar-refractivity contribution < 1.29 is 13.2 Å². The van der Waals surface area contributed by atoms with Gasteiger partial charge in [0.05, 0.1) is 23.6 Å². The lowest BCUT2D eigenvalue weighted by atomic mass is 9.73. The Morgan fingerprint density at radius 1 is 0.967 bits per heavy atom. The van der Waals surface area contributed by atoms with Crippen LogP contribution in [0.25, 0.3) is 10.8 Å². The monoisotopic (exact) mass is 408 g/mol. The molecule has 30 heavy (non-hydrogen) atoms. The fraction of sp³-hybridized carbons (Fsp3) is 0.320. The van der Waals surface area contributed by atoms with Gasteiger partial charge in [-0.3, -0.25) is 0 Å². The van der Waals surface area contributed by atoms with Gasteiger partial charge < -0.3 is 5.32 Å². The van der Waals surface area contributed by atoms with Crippen LogP contribution in [0.1, 0.15) is 45.8 Å². The second-order valence-corrected chi connectivity index (χ2v) is 8.12. The lowest BCUT2D eigenvalue weighted by Gasteiger charge is -2.38. The third kappa shape index (κ3) is 3.31. The average molecular weight is 408 g/mol. The SMILES string of the molecule is Cc1c(C)c2c(c(C)c1C#N)CCC(C(F)(F)F)C2Nc1ccc2ccccc2c1. The minimum atomic E-state index is -4.31. The summed E-state index contributed by atoms with van der Waals surface area (Å²) < 4.78 is 42.1. The number of hydrogen-bond acceptors (Lipinski definition) is 2. The van der Waals surface area contributed by atoms with E-state index in [0.29, 0.717) is 23.2 Å².